The minimum Gasteiger partial charge on any atom is -0.307 e. The molecule has 1 N–H and O–H groups in total. The summed E-state index contributed by atoms with van der Waals surface area (Å²) in [6.07, 6.45) is 5.44. The Hall–Kier alpha value is -0.340. The van der Waals surface area contributed by atoms with Crippen LogP contribution in [0.2, 0.25) is 0 Å². The van der Waals surface area contributed by atoms with Crippen molar-refractivity contribution >= 4 is 11.3 Å². The first-order valence-corrected chi connectivity index (χ1v) is 7.37. The van der Waals surface area contributed by atoms with Gasteiger partial charge in [0.15, 0.2) is 0 Å². The Balaban J connectivity index is 1.88. The van der Waals surface area contributed by atoms with Crippen molar-refractivity contribution < 1.29 is 0 Å². The Labute approximate surface area is 103 Å². The summed E-state index contributed by atoms with van der Waals surface area (Å²) in [5.74, 6) is 0.924. The molecule has 1 heterocycles. The molecular weight excluding hydrogens is 214 g/mol. The smallest absolute Gasteiger partial charge is 0.0388 e. The molecular formula is C14H23NS. The summed E-state index contributed by atoms with van der Waals surface area (Å²) in [6, 6.07) is 5.75. The quantitative estimate of drug-likeness (QED) is 0.811. The van der Waals surface area contributed by atoms with Crippen LogP contribution in [0, 0.1) is 5.92 Å². The molecule has 2 heteroatoms. The number of hydrogen-bond acceptors (Lipinski definition) is 2. The van der Waals surface area contributed by atoms with E-state index in [1.807, 2.05) is 11.3 Å². The van der Waals surface area contributed by atoms with Crippen LogP contribution >= 0.6 is 11.3 Å². The van der Waals surface area contributed by atoms with Crippen LogP contribution in [0.1, 0.15) is 55.8 Å². The van der Waals surface area contributed by atoms with E-state index in [2.05, 4.69) is 38.2 Å². The third kappa shape index (κ3) is 2.67. The molecule has 0 aromatic carbocycles. The highest BCUT2D eigenvalue weighted by atomic mass is 32.1. The average molecular weight is 237 g/mol. The maximum absolute atomic E-state index is 3.75. The summed E-state index contributed by atoms with van der Waals surface area (Å²) >= 11 is 1.96. The summed E-state index contributed by atoms with van der Waals surface area (Å²) in [4.78, 5) is 2.99. The molecule has 1 aliphatic rings. The summed E-state index contributed by atoms with van der Waals surface area (Å²) in [5, 5.41) is 3.75. The number of aryl methyl sites for hydroxylation is 1. The minimum absolute atomic E-state index is 0.515. The lowest BCUT2D eigenvalue weighted by Gasteiger charge is -2.33. The highest BCUT2D eigenvalue weighted by molar-refractivity contribution is 7.12. The first-order chi connectivity index (χ1) is 7.70. The molecule has 0 saturated heterocycles. The van der Waals surface area contributed by atoms with Gasteiger partial charge in [-0.1, -0.05) is 13.3 Å². The van der Waals surface area contributed by atoms with Crippen LogP contribution in [0.15, 0.2) is 12.1 Å². The van der Waals surface area contributed by atoms with E-state index < -0.39 is 0 Å². The van der Waals surface area contributed by atoms with Crippen molar-refractivity contribution in [2.45, 2.75) is 58.5 Å². The maximum atomic E-state index is 3.75. The predicted octanol–water partition coefficient (Wildman–Crippen LogP) is 4.15. The molecule has 1 saturated carbocycles. The van der Waals surface area contributed by atoms with Crippen molar-refractivity contribution in [2.75, 3.05) is 0 Å². The van der Waals surface area contributed by atoms with Crippen LogP contribution in [0.25, 0.3) is 0 Å². The molecule has 0 spiro atoms. The second-order valence-corrected chi connectivity index (χ2v) is 6.23. The molecule has 1 aromatic heterocycles. The Morgan fingerprint density at radius 3 is 2.62 bits per heavy atom. The van der Waals surface area contributed by atoms with Gasteiger partial charge >= 0.3 is 0 Å². The molecule has 0 radical (unpaired) electrons. The fourth-order valence-electron chi connectivity index (χ4n) is 2.37. The van der Waals surface area contributed by atoms with Gasteiger partial charge in [0.1, 0.15) is 0 Å². The third-order valence-corrected chi connectivity index (χ3v) is 5.24. The molecule has 1 aliphatic carbocycles. The van der Waals surface area contributed by atoms with E-state index in [1.54, 1.807) is 0 Å². The third-order valence-electron chi connectivity index (χ3n) is 3.83. The fraction of sp³-hybridized carbons (Fsp3) is 0.714. The molecule has 90 valence electrons. The minimum atomic E-state index is 0.515. The van der Waals surface area contributed by atoms with E-state index in [0.29, 0.717) is 12.1 Å². The summed E-state index contributed by atoms with van der Waals surface area (Å²) < 4.78 is 0. The van der Waals surface area contributed by atoms with E-state index in [0.717, 1.165) is 12.3 Å². The topological polar surface area (TPSA) is 12.0 Å². The lowest BCUT2D eigenvalue weighted by atomic mass is 9.80. The highest BCUT2D eigenvalue weighted by Gasteiger charge is 2.25. The van der Waals surface area contributed by atoms with Crippen molar-refractivity contribution in [1.29, 1.82) is 0 Å². The van der Waals surface area contributed by atoms with Crippen LogP contribution in [-0.4, -0.2) is 6.04 Å². The van der Waals surface area contributed by atoms with Gasteiger partial charge in [-0.2, -0.15) is 0 Å². The molecule has 0 bridgehead atoms. The Morgan fingerprint density at radius 2 is 2.12 bits per heavy atom. The van der Waals surface area contributed by atoms with Crippen LogP contribution < -0.4 is 5.32 Å². The monoisotopic (exact) mass is 237 g/mol. The lowest BCUT2D eigenvalue weighted by molar-refractivity contribution is 0.230. The van der Waals surface area contributed by atoms with E-state index in [9.17, 15) is 0 Å². The Kier molecular flexibility index (Phi) is 4.04. The van der Waals surface area contributed by atoms with Crippen LogP contribution in [0.4, 0.5) is 0 Å². The number of hydrogen-bond donors (Lipinski definition) is 1. The van der Waals surface area contributed by atoms with E-state index in [1.165, 1.54) is 29.0 Å². The zero-order valence-electron chi connectivity index (χ0n) is 10.6. The molecule has 2 unspecified atom stereocenters. The van der Waals surface area contributed by atoms with Crippen LogP contribution in [-0.2, 0) is 6.42 Å². The van der Waals surface area contributed by atoms with Crippen molar-refractivity contribution in [3.05, 3.63) is 21.9 Å². The largest absolute Gasteiger partial charge is 0.307 e. The predicted molar refractivity (Wildman–Crippen MR) is 72.1 cm³/mol. The molecule has 0 aliphatic heterocycles. The van der Waals surface area contributed by atoms with Gasteiger partial charge in [0, 0.05) is 21.8 Å². The molecule has 2 atom stereocenters. The van der Waals surface area contributed by atoms with Crippen LogP contribution in [0.5, 0.6) is 0 Å². The zero-order valence-corrected chi connectivity index (χ0v) is 11.4. The maximum Gasteiger partial charge on any atom is 0.0388 e. The number of nitrogens with one attached hydrogen (secondary N) is 1. The fourth-order valence-corrected chi connectivity index (χ4v) is 3.33. The van der Waals surface area contributed by atoms with Gasteiger partial charge in [0.05, 0.1) is 0 Å². The number of rotatable bonds is 5. The van der Waals surface area contributed by atoms with Gasteiger partial charge in [-0.05, 0) is 51.2 Å². The Bertz CT molecular complexity index is 327. The SMILES string of the molecule is CCc1ccc(C(C)NC(C)C2CCC2)s1. The second kappa shape index (κ2) is 5.33. The average Bonchev–Trinajstić information content (AvgIpc) is 2.62. The van der Waals surface area contributed by atoms with Gasteiger partial charge in [0.25, 0.3) is 0 Å². The summed E-state index contributed by atoms with van der Waals surface area (Å²) in [5.41, 5.74) is 0. The number of thiophene rings is 1. The normalized spacial score (nSPS) is 20.4. The molecule has 16 heavy (non-hydrogen) atoms. The molecule has 0 amide bonds. The van der Waals surface area contributed by atoms with Crippen LogP contribution in [0.3, 0.4) is 0 Å². The zero-order chi connectivity index (χ0) is 11.5. The molecule has 1 fully saturated rings. The van der Waals surface area contributed by atoms with Gasteiger partial charge in [-0.25, -0.2) is 0 Å². The first kappa shape index (κ1) is 12.1. The summed E-state index contributed by atoms with van der Waals surface area (Å²) in [7, 11) is 0. The highest BCUT2D eigenvalue weighted by Crippen LogP contribution is 2.31. The van der Waals surface area contributed by atoms with Gasteiger partial charge < -0.3 is 5.32 Å². The Morgan fingerprint density at radius 1 is 1.38 bits per heavy atom. The molecule has 2 rings (SSSR count). The van der Waals surface area contributed by atoms with Crippen molar-refractivity contribution in [1.82, 2.24) is 5.32 Å². The first-order valence-electron chi connectivity index (χ1n) is 6.55. The second-order valence-electron chi connectivity index (χ2n) is 5.03. The van der Waals surface area contributed by atoms with Crippen molar-refractivity contribution in [3.8, 4) is 0 Å². The van der Waals surface area contributed by atoms with Crippen molar-refractivity contribution in [2.24, 2.45) is 5.92 Å². The van der Waals surface area contributed by atoms with Crippen molar-refractivity contribution in [3.63, 3.8) is 0 Å². The van der Waals surface area contributed by atoms with Gasteiger partial charge in [-0.15, -0.1) is 11.3 Å². The lowest BCUT2D eigenvalue weighted by Crippen LogP contribution is -2.38. The van der Waals surface area contributed by atoms with Gasteiger partial charge in [-0.3, -0.25) is 0 Å². The van der Waals surface area contributed by atoms with E-state index >= 15 is 0 Å². The van der Waals surface area contributed by atoms with Gasteiger partial charge in [0.2, 0.25) is 0 Å². The van der Waals surface area contributed by atoms with E-state index in [-0.39, 0.29) is 0 Å². The van der Waals surface area contributed by atoms with E-state index in [4.69, 9.17) is 0 Å². The molecule has 1 nitrogen and oxygen atoms in total. The standard InChI is InChI=1S/C14H23NS/c1-4-13-8-9-14(16-13)11(3)15-10(2)12-6-5-7-12/h8-12,15H,4-7H2,1-3H3. The summed E-state index contributed by atoms with van der Waals surface area (Å²) in [6.45, 7) is 6.86. The molecule has 1 aromatic rings.